The number of aryl methyl sites for hydroxylation is 1. The quantitative estimate of drug-likeness (QED) is 0.640. The van der Waals surface area contributed by atoms with Gasteiger partial charge in [0.25, 0.3) is 5.91 Å². The van der Waals surface area contributed by atoms with Crippen LogP contribution in [0.2, 0.25) is 0 Å². The normalized spacial score (nSPS) is 23.6. The standard InChI is InChI=1S/C24H20N2O3/c1-16-12-14-17(15-13-16)21-20-22(29-26(21)19-10-6-3-7-11-19)24(28)25(23(20)27)18-8-4-2-5-9-18/h2-15,20-22H,1H3/t20-,21+,22-/m1/s1. The number of benzene rings is 3. The maximum absolute atomic E-state index is 13.4. The van der Waals surface area contributed by atoms with Gasteiger partial charge in [0.2, 0.25) is 5.91 Å². The van der Waals surface area contributed by atoms with Crippen LogP contribution < -0.4 is 9.96 Å². The molecule has 5 heteroatoms. The number of nitrogens with zero attached hydrogens (tertiary/aromatic N) is 2. The molecule has 0 aliphatic carbocycles. The summed E-state index contributed by atoms with van der Waals surface area (Å²) in [5.41, 5.74) is 3.48. The maximum Gasteiger partial charge on any atom is 0.266 e. The summed E-state index contributed by atoms with van der Waals surface area (Å²) in [4.78, 5) is 34.0. The number of anilines is 2. The summed E-state index contributed by atoms with van der Waals surface area (Å²) < 4.78 is 0. The summed E-state index contributed by atoms with van der Waals surface area (Å²) in [7, 11) is 0. The third kappa shape index (κ3) is 2.82. The number of hydroxylamine groups is 1. The monoisotopic (exact) mass is 384 g/mol. The van der Waals surface area contributed by atoms with E-state index in [-0.39, 0.29) is 17.9 Å². The second kappa shape index (κ2) is 6.87. The fourth-order valence-corrected chi connectivity index (χ4v) is 4.15. The fourth-order valence-electron chi connectivity index (χ4n) is 4.15. The molecule has 2 aliphatic heterocycles. The van der Waals surface area contributed by atoms with E-state index in [2.05, 4.69) is 0 Å². The van der Waals surface area contributed by atoms with Gasteiger partial charge in [-0.3, -0.25) is 14.4 Å². The zero-order valence-electron chi connectivity index (χ0n) is 15.9. The number of carbonyl (C=O) groups excluding carboxylic acids is 2. The molecule has 3 aromatic rings. The zero-order chi connectivity index (χ0) is 20.0. The molecule has 2 aliphatic rings. The average molecular weight is 384 g/mol. The number of hydrogen-bond acceptors (Lipinski definition) is 4. The summed E-state index contributed by atoms with van der Waals surface area (Å²) in [6.07, 6.45) is -0.839. The lowest BCUT2D eigenvalue weighted by atomic mass is 9.90. The molecular formula is C24H20N2O3. The highest BCUT2D eigenvalue weighted by Crippen LogP contribution is 2.47. The lowest BCUT2D eigenvalue weighted by molar-refractivity contribution is -0.126. The van der Waals surface area contributed by atoms with Crippen molar-refractivity contribution in [2.24, 2.45) is 5.92 Å². The number of rotatable bonds is 3. The number of hydrogen-bond donors (Lipinski definition) is 0. The van der Waals surface area contributed by atoms with Crippen molar-refractivity contribution in [2.75, 3.05) is 9.96 Å². The molecule has 29 heavy (non-hydrogen) atoms. The minimum Gasteiger partial charge on any atom is -0.273 e. The molecule has 2 heterocycles. The second-order valence-corrected chi connectivity index (χ2v) is 7.42. The summed E-state index contributed by atoms with van der Waals surface area (Å²) in [5.74, 6) is -1.15. The van der Waals surface area contributed by atoms with Gasteiger partial charge >= 0.3 is 0 Å². The molecule has 2 amide bonds. The van der Waals surface area contributed by atoms with Crippen molar-refractivity contribution in [1.82, 2.24) is 0 Å². The van der Waals surface area contributed by atoms with E-state index in [0.717, 1.165) is 16.8 Å². The van der Waals surface area contributed by atoms with E-state index in [1.807, 2.05) is 79.7 Å². The van der Waals surface area contributed by atoms with Crippen molar-refractivity contribution in [3.63, 3.8) is 0 Å². The maximum atomic E-state index is 13.4. The van der Waals surface area contributed by atoms with E-state index in [1.54, 1.807) is 17.2 Å². The lowest BCUT2D eigenvalue weighted by Crippen LogP contribution is -2.37. The Kier molecular flexibility index (Phi) is 4.18. The summed E-state index contributed by atoms with van der Waals surface area (Å²) in [6.45, 7) is 2.02. The van der Waals surface area contributed by atoms with E-state index < -0.39 is 12.0 Å². The predicted octanol–water partition coefficient (Wildman–Crippen LogP) is 4.05. The van der Waals surface area contributed by atoms with Crippen LogP contribution in [-0.2, 0) is 14.4 Å². The van der Waals surface area contributed by atoms with Crippen molar-refractivity contribution in [3.8, 4) is 0 Å². The number of para-hydroxylation sites is 2. The smallest absolute Gasteiger partial charge is 0.266 e. The summed E-state index contributed by atoms with van der Waals surface area (Å²) >= 11 is 0. The van der Waals surface area contributed by atoms with Crippen LogP contribution in [0.25, 0.3) is 0 Å². The molecule has 5 nitrogen and oxygen atoms in total. The van der Waals surface area contributed by atoms with Crippen LogP contribution in [-0.4, -0.2) is 17.9 Å². The SMILES string of the molecule is Cc1ccc([C@H]2[C@H]3C(=O)N(c4ccccc4)C(=O)[C@@H]3ON2c2ccccc2)cc1. The molecule has 0 saturated carbocycles. The van der Waals surface area contributed by atoms with Gasteiger partial charge in [-0.15, -0.1) is 0 Å². The van der Waals surface area contributed by atoms with E-state index in [9.17, 15) is 9.59 Å². The Morgan fingerprint density at radius 1 is 0.724 bits per heavy atom. The Morgan fingerprint density at radius 3 is 1.93 bits per heavy atom. The Morgan fingerprint density at radius 2 is 1.31 bits per heavy atom. The molecular weight excluding hydrogens is 364 g/mol. The summed E-state index contributed by atoms with van der Waals surface area (Å²) in [6, 6.07) is 26.3. The van der Waals surface area contributed by atoms with Crippen molar-refractivity contribution in [1.29, 1.82) is 0 Å². The highest BCUT2D eigenvalue weighted by Gasteiger charge is 2.60. The number of fused-ring (bicyclic) bond motifs is 1. The highest BCUT2D eigenvalue weighted by atomic mass is 16.7. The molecule has 0 radical (unpaired) electrons. The minimum atomic E-state index is -0.839. The first-order chi connectivity index (χ1) is 14.1. The molecule has 2 fully saturated rings. The van der Waals surface area contributed by atoms with Crippen LogP contribution in [0.15, 0.2) is 84.9 Å². The van der Waals surface area contributed by atoms with E-state index in [1.165, 1.54) is 4.90 Å². The molecule has 0 aromatic heterocycles. The predicted molar refractivity (Wildman–Crippen MR) is 110 cm³/mol. The third-order valence-electron chi connectivity index (χ3n) is 5.56. The van der Waals surface area contributed by atoms with Gasteiger partial charge in [-0.1, -0.05) is 66.2 Å². The molecule has 0 bridgehead atoms. The van der Waals surface area contributed by atoms with E-state index in [4.69, 9.17) is 4.84 Å². The van der Waals surface area contributed by atoms with Gasteiger partial charge in [-0.05, 0) is 36.8 Å². The topological polar surface area (TPSA) is 49.9 Å². The van der Waals surface area contributed by atoms with Gasteiger partial charge in [-0.25, -0.2) is 9.96 Å². The highest BCUT2D eigenvalue weighted by molar-refractivity contribution is 6.23. The fraction of sp³-hybridized carbons (Fsp3) is 0.167. The van der Waals surface area contributed by atoms with Crippen LogP contribution >= 0.6 is 0 Å². The van der Waals surface area contributed by atoms with Gasteiger partial charge in [0.1, 0.15) is 5.92 Å². The van der Waals surface area contributed by atoms with Crippen LogP contribution in [0, 0.1) is 12.8 Å². The third-order valence-corrected chi connectivity index (χ3v) is 5.56. The van der Waals surface area contributed by atoms with Crippen LogP contribution in [0.4, 0.5) is 11.4 Å². The number of imide groups is 1. The largest absolute Gasteiger partial charge is 0.273 e. The van der Waals surface area contributed by atoms with Crippen LogP contribution in [0.5, 0.6) is 0 Å². The Hall–Kier alpha value is -3.44. The summed E-state index contributed by atoms with van der Waals surface area (Å²) in [5, 5.41) is 1.72. The first-order valence-corrected chi connectivity index (χ1v) is 9.65. The van der Waals surface area contributed by atoms with Gasteiger partial charge in [-0.2, -0.15) is 0 Å². The molecule has 144 valence electrons. The minimum absolute atomic E-state index is 0.227. The van der Waals surface area contributed by atoms with Gasteiger partial charge in [0.15, 0.2) is 6.10 Å². The zero-order valence-corrected chi connectivity index (χ0v) is 15.9. The van der Waals surface area contributed by atoms with Gasteiger partial charge in [0.05, 0.1) is 17.4 Å². The van der Waals surface area contributed by atoms with Crippen molar-refractivity contribution in [3.05, 3.63) is 96.1 Å². The molecule has 3 aromatic carbocycles. The van der Waals surface area contributed by atoms with Crippen LogP contribution in [0.3, 0.4) is 0 Å². The van der Waals surface area contributed by atoms with Gasteiger partial charge in [0, 0.05) is 0 Å². The van der Waals surface area contributed by atoms with E-state index >= 15 is 0 Å². The Labute approximate surface area is 169 Å². The molecule has 0 unspecified atom stereocenters. The molecule has 5 rings (SSSR count). The molecule has 0 N–H and O–H groups in total. The van der Waals surface area contributed by atoms with Crippen molar-refractivity contribution in [2.45, 2.75) is 19.1 Å². The molecule has 3 atom stereocenters. The number of carbonyl (C=O) groups is 2. The van der Waals surface area contributed by atoms with Crippen molar-refractivity contribution >= 4 is 23.2 Å². The average Bonchev–Trinajstić information content (AvgIpc) is 3.26. The lowest BCUT2D eigenvalue weighted by Gasteiger charge is -2.28. The first kappa shape index (κ1) is 17.6. The van der Waals surface area contributed by atoms with Crippen molar-refractivity contribution < 1.29 is 14.4 Å². The first-order valence-electron chi connectivity index (χ1n) is 9.65. The van der Waals surface area contributed by atoms with E-state index in [0.29, 0.717) is 5.69 Å². The Balaban J connectivity index is 1.59. The molecule has 0 spiro atoms. The van der Waals surface area contributed by atoms with Gasteiger partial charge < -0.3 is 0 Å². The Bertz CT molecular complexity index is 1050. The number of amides is 2. The van der Waals surface area contributed by atoms with Crippen LogP contribution in [0.1, 0.15) is 17.2 Å². The second-order valence-electron chi connectivity index (χ2n) is 7.42. The molecule has 2 saturated heterocycles.